The van der Waals surface area contributed by atoms with E-state index in [4.69, 9.17) is 0 Å². The Morgan fingerprint density at radius 3 is 2.48 bits per heavy atom. The highest BCUT2D eigenvalue weighted by Crippen LogP contribution is 2.40. The summed E-state index contributed by atoms with van der Waals surface area (Å²) in [5, 5.41) is 13.4. The smallest absolute Gasteiger partial charge is 0.374 e. The number of aliphatic hydroxyl groups is 1. The first-order chi connectivity index (χ1) is 11.3. The van der Waals surface area contributed by atoms with Gasteiger partial charge in [0.25, 0.3) is 0 Å². The van der Waals surface area contributed by atoms with Crippen molar-refractivity contribution in [3.05, 3.63) is 18.2 Å². The van der Waals surface area contributed by atoms with Crippen molar-refractivity contribution < 1.29 is 18.3 Å². The predicted octanol–water partition coefficient (Wildman–Crippen LogP) is 2.24. The number of aliphatic imine (C=N–C) groups is 1. The third kappa shape index (κ3) is 4.99. The van der Waals surface area contributed by atoms with E-state index in [1.807, 2.05) is 11.8 Å². The lowest BCUT2D eigenvalue weighted by molar-refractivity contribution is -0.272. The predicted molar refractivity (Wildman–Crippen MR) is 100.0 cm³/mol. The maximum absolute atomic E-state index is 13.4. The van der Waals surface area contributed by atoms with Crippen molar-refractivity contribution in [3.8, 4) is 0 Å². The van der Waals surface area contributed by atoms with Crippen molar-refractivity contribution in [2.75, 3.05) is 26.2 Å². The normalized spacial score (nSPS) is 18.0. The van der Waals surface area contributed by atoms with Gasteiger partial charge >= 0.3 is 6.18 Å². The number of hydrogen-bond acceptors (Lipinski definition) is 3. The van der Waals surface area contributed by atoms with Crippen LogP contribution in [0, 0.1) is 0 Å². The number of hydrogen-bond donors (Lipinski definition) is 2. The fourth-order valence-electron chi connectivity index (χ4n) is 2.82. The lowest BCUT2D eigenvalue weighted by Gasteiger charge is -2.29. The molecule has 0 radical (unpaired) electrons. The van der Waals surface area contributed by atoms with E-state index in [1.165, 1.54) is 24.0 Å². The lowest BCUT2D eigenvalue weighted by atomic mass is 9.98. The molecule has 1 aromatic rings. The lowest BCUT2D eigenvalue weighted by Crippen LogP contribution is -2.45. The Morgan fingerprint density at radius 1 is 1.36 bits per heavy atom. The molecule has 0 aliphatic carbocycles. The average Bonchev–Trinajstić information content (AvgIpc) is 3.16. The van der Waals surface area contributed by atoms with Gasteiger partial charge in [0.1, 0.15) is 5.82 Å². The van der Waals surface area contributed by atoms with E-state index in [0.717, 1.165) is 25.9 Å². The summed E-state index contributed by atoms with van der Waals surface area (Å²) >= 11 is 0. The Hall–Kier alpha value is -1.04. The molecule has 2 rings (SSSR count). The van der Waals surface area contributed by atoms with E-state index in [2.05, 4.69) is 15.3 Å². The molecule has 0 aromatic carbocycles. The van der Waals surface area contributed by atoms with Gasteiger partial charge in [-0.15, -0.1) is 24.0 Å². The number of imidazole rings is 1. The summed E-state index contributed by atoms with van der Waals surface area (Å²) in [7, 11) is 1.43. The van der Waals surface area contributed by atoms with Crippen LogP contribution in [0.4, 0.5) is 13.2 Å². The van der Waals surface area contributed by atoms with E-state index in [-0.39, 0.29) is 30.5 Å². The molecule has 0 saturated carbocycles. The fourth-order valence-corrected chi connectivity index (χ4v) is 2.82. The second-order valence-corrected chi connectivity index (χ2v) is 5.90. The first kappa shape index (κ1) is 22.0. The highest BCUT2D eigenvalue weighted by molar-refractivity contribution is 14.0. The monoisotopic (exact) mass is 475 g/mol. The molecule has 1 aliphatic rings. The molecule has 0 bridgehead atoms. The minimum Gasteiger partial charge on any atom is -0.374 e. The molecular formula is C15H25F3IN5O. The van der Waals surface area contributed by atoms with Gasteiger partial charge in [-0.25, -0.2) is 4.98 Å². The molecule has 25 heavy (non-hydrogen) atoms. The van der Waals surface area contributed by atoms with Crippen molar-refractivity contribution in [1.29, 1.82) is 0 Å². The quantitative estimate of drug-likeness (QED) is 0.390. The van der Waals surface area contributed by atoms with Gasteiger partial charge in [-0.3, -0.25) is 4.99 Å². The summed E-state index contributed by atoms with van der Waals surface area (Å²) in [5.74, 6) is 0.177. The Balaban J connectivity index is 0.00000312. The van der Waals surface area contributed by atoms with E-state index in [1.54, 1.807) is 0 Å². The number of aryl methyl sites for hydroxylation is 1. The highest BCUT2D eigenvalue weighted by Gasteiger charge is 2.57. The van der Waals surface area contributed by atoms with E-state index in [0.29, 0.717) is 12.5 Å². The molecule has 0 spiro atoms. The van der Waals surface area contributed by atoms with Gasteiger partial charge in [-0.05, 0) is 19.8 Å². The summed E-state index contributed by atoms with van der Waals surface area (Å²) in [6.07, 6.45) is -0.695. The summed E-state index contributed by atoms with van der Waals surface area (Å²) in [6, 6.07) is 0. The molecule has 1 atom stereocenters. The van der Waals surface area contributed by atoms with Crippen molar-refractivity contribution in [2.45, 2.75) is 38.0 Å². The van der Waals surface area contributed by atoms with E-state index in [9.17, 15) is 18.3 Å². The summed E-state index contributed by atoms with van der Waals surface area (Å²) in [6.45, 7) is 4.08. The topological polar surface area (TPSA) is 65.7 Å². The zero-order valence-electron chi connectivity index (χ0n) is 14.4. The third-order valence-electron chi connectivity index (χ3n) is 4.14. The second-order valence-electron chi connectivity index (χ2n) is 5.90. The molecular weight excluding hydrogens is 450 g/mol. The Bertz CT molecular complexity index is 572. The zero-order chi connectivity index (χ0) is 17.8. The van der Waals surface area contributed by atoms with Gasteiger partial charge in [0.05, 0.1) is 0 Å². The van der Waals surface area contributed by atoms with Gasteiger partial charge in [-0.2, -0.15) is 13.2 Å². The molecule has 2 heterocycles. The largest absolute Gasteiger partial charge is 0.424 e. The number of rotatable bonds is 5. The molecule has 10 heteroatoms. The summed E-state index contributed by atoms with van der Waals surface area (Å²) < 4.78 is 41.5. The van der Waals surface area contributed by atoms with Gasteiger partial charge in [0, 0.05) is 52.0 Å². The minimum atomic E-state index is -4.83. The number of likely N-dealkylation sites (tertiary alicyclic amines) is 1. The van der Waals surface area contributed by atoms with Gasteiger partial charge in [-0.1, -0.05) is 0 Å². The summed E-state index contributed by atoms with van der Waals surface area (Å²) in [4.78, 5) is 9.98. The van der Waals surface area contributed by atoms with Gasteiger partial charge in [0.2, 0.25) is 5.60 Å². The molecule has 6 nitrogen and oxygen atoms in total. The standard InChI is InChI=1S/C15H24F3N5O.HI/c1-3-19-13(23-9-4-5-10-23)21-7-6-14(24,15(16,17)18)12-20-8-11-22(12)2;/h8,11,24H,3-7,9-10H2,1-2H3,(H,19,21);1H. The van der Waals surface area contributed by atoms with Crippen LogP contribution in [0.5, 0.6) is 0 Å². The van der Waals surface area contributed by atoms with Crippen molar-refractivity contribution in [1.82, 2.24) is 19.8 Å². The number of guanidine groups is 1. The molecule has 144 valence electrons. The molecule has 1 unspecified atom stereocenters. The van der Waals surface area contributed by atoms with Crippen LogP contribution in [0.25, 0.3) is 0 Å². The first-order valence-corrected chi connectivity index (χ1v) is 8.09. The minimum absolute atomic E-state index is 0. The fraction of sp³-hybridized carbons (Fsp3) is 0.733. The molecule has 0 amide bonds. The SMILES string of the molecule is CCNC(=NCCC(O)(c1nccn1C)C(F)(F)F)N1CCCC1.I. The van der Waals surface area contributed by atoms with Gasteiger partial charge in [0.15, 0.2) is 5.96 Å². The van der Waals surface area contributed by atoms with Crippen LogP contribution in [0.15, 0.2) is 17.4 Å². The van der Waals surface area contributed by atoms with Crippen LogP contribution in [-0.4, -0.2) is 57.9 Å². The zero-order valence-corrected chi connectivity index (χ0v) is 16.7. The van der Waals surface area contributed by atoms with Crippen LogP contribution in [0.3, 0.4) is 0 Å². The maximum atomic E-state index is 13.4. The Morgan fingerprint density at radius 2 is 2.00 bits per heavy atom. The summed E-state index contributed by atoms with van der Waals surface area (Å²) in [5.41, 5.74) is -3.02. The third-order valence-corrected chi connectivity index (χ3v) is 4.14. The number of halogens is 4. The number of aromatic nitrogens is 2. The van der Waals surface area contributed by atoms with E-state index < -0.39 is 24.0 Å². The maximum Gasteiger partial charge on any atom is 0.424 e. The van der Waals surface area contributed by atoms with Crippen molar-refractivity contribution >= 4 is 29.9 Å². The average molecular weight is 475 g/mol. The van der Waals surface area contributed by atoms with Crippen LogP contribution in [0.1, 0.15) is 32.0 Å². The molecule has 1 aromatic heterocycles. The van der Waals surface area contributed by atoms with E-state index >= 15 is 0 Å². The van der Waals surface area contributed by atoms with Crippen LogP contribution in [-0.2, 0) is 12.6 Å². The second kappa shape index (κ2) is 9.06. The Kier molecular flexibility index (Phi) is 7.97. The van der Waals surface area contributed by atoms with Gasteiger partial charge < -0.3 is 19.9 Å². The van der Waals surface area contributed by atoms with Crippen molar-refractivity contribution in [2.24, 2.45) is 12.0 Å². The Labute approximate surface area is 162 Å². The number of alkyl halides is 3. The molecule has 1 fully saturated rings. The van der Waals surface area contributed by atoms with Crippen LogP contribution < -0.4 is 5.32 Å². The first-order valence-electron chi connectivity index (χ1n) is 8.09. The molecule has 1 aliphatic heterocycles. The highest BCUT2D eigenvalue weighted by atomic mass is 127. The van der Waals surface area contributed by atoms with Crippen LogP contribution in [0.2, 0.25) is 0 Å². The van der Waals surface area contributed by atoms with Crippen LogP contribution >= 0.6 is 24.0 Å². The van der Waals surface area contributed by atoms with Crippen molar-refractivity contribution in [3.63, 3.8) is 0 Å². The molecule has 2 N–H and O–H groups in total. The number of nitrogens with one attached hydrogen (secondary N) is 1. The number of nitrogens with zero attached hydrogens (tertiary/aromatic N) is 4. The molecule has 1 saturated heterocycles.